The largest absolute Gasteiger partial charge is 0.352 e. The normalized spacial score (nSPS) is 10.9. The fourth-order valence-corrected chi connectivity index (χ4v) is 4.19. The summed E-state index contributed by atoms with van der Waals surface area (Å²) in [5.41, 5.74) is 7.00. The summed E-state index contributed by atoms with van der Waals surface area (Å²) in [6, 6.07) is 16.7. The van der Waals surface area contributed by atoms with Crippen LogP contribution in [0.4, 0.5) is 0 Å². The molecule has 3 aromatic rings. The van der Waals surface area contributed by atoms with E-state index in [4.69, 9.17) is 0 Å². The monoisotopic (exact) mass is 407 g/mol. The van der Waals surface area contributed by atoms with Crippen LogP contribution in [0.5, 0.6) is 0 Å². The van der Waals surface area contributed by atoms with Gasteiger partial charge in [-0.15, -0.1) is 11.8 Å². The summed E-state index contributed by atoms with van der Waals surface area (Å²) in [6.45, 7) is 9.58. The molecule has 0 aliphatic carbocycles. The van der Waals surface area contributed by atoms with E-state index in [0.29, 0.717) is 13.0 Å². The van der Waals surface area contributed by atoms with Crippen molar-refractivity contribution >= 4 is 17.7 Å². The van der Waals surface area contributed by atoms with Gasteiger partial charge in [-0.25, -0.2) is 0 Å². The van der Waals surface area contributed by atoms with Gasteiger partial charge in [0.2, 0.25) is 5.91 Å². The first-order chi connectivity index (χ1) is 13.9. The molecule has 1 amide bonds. The maximum Gasteiger partial charge on any atom is 0.221 e. The lowest BCUT2D eigenvalue weighted by Crippen LogP contribution is -2.23. The van der Waals surface area contributed by atoms with Crippen molar-refractivity contribution < 1.29 is 4.79 Å². The highest BCUT2D eigenvalue weighted by atomic mass is 32.2. The Labute approximate surface area is 177 Å². The number of rotatable bonds is 8. The molecule has 29 heavy (non-hydrogen) atoms. The Hall–Kier alpha value is -2.53. The number of thioether (sulfide) groups is 1. The van der Waals surface area contributed by atoms with Crippen LogP contribution < -0.4 is 5.32 Å². The van der Waals surface area contributed by atoms with E-state index in [1.54, 1.807) is 11.8 Å². The predicted molar refractivity (Wildman–Crippen MR) is 120 cm³/mol. The molecule has 0 bridgehead atoms. The van der Waals surface area contributed by atoms with Crippen LogP contribution in [0.1, 0.15) is 40.1 Å². The zero-order valence-corrected chi connectivity index (χ0v) is 18.5. The molecule has 0 radical (unpaired) electrons. The average Bonchev–Trinajstić information content (AvgIpc) is 2.96. The molecule has 1 N–H and O–H groups in total. The molecule has 0 aliphatic rings. The predicted octanol–water partition coefficient (Wildman–Crippen LogP) is 4.96. The topological polar surface area (TPSA) is 46.9 Å². The first-order valence-corrected chi connectivity index (χ1v) is 11.0. The molecule has 0 unspecified atom stereocenters. The van der Waals surface area contributed by atoms with Gasteiger partial charge in [-0.1, -0.05) is 36.4 Å². The number of nitrogens with zero attached hydrogens (tertiary/aromatic N) is 2. The van der Waals surface area contributed by atoms with Crippen LogP contribution in [0.15, 0.2) is 53.4 Å². The molecule has 4 nitrogen and oxygen atoms in total. The molecular weight excluding hydrogens is 378 g/mol. The van der Waals surface area contributed by atoms with Crippen LogP contribution in [-0.2, 0) is 17.9 Å². The van der Waals surface area contributed by atoms with Gasteiger partial charge in [-0.05, 0) is 56.5 Å². The van der Waals surface area contributed by atoms with Gasteiger partial charge in [0.05, 0.1) is 12.2 Å². The molecule has 0 atom stereocenters. The summed E-state index contributed by atoms with van der Waals surface area (Å²) in [4.78, 5) is 13.5. The van der Waals surface area contributed by atoms with E-state index >= 15 is 0 Å². The van der Waals surface area contributed by atoms with Crippen LogP contribution >= 0.6 is 11.8 Å². The summed E-state index contributed by atoms with van der Waals surface area (Å²) < 4.78 is 2.02. The van der Waals surface area contributed by atoms with Gasteiger partial charge in [0.1, 0.15) is 0 Å². The van der Waals surface area contributed by atoms with Gasteiger partial charge >= 0.3 is 0 Å². The van der Waals surface area contributed by atoms with E-state index in [1.807, 2.05) is 29.8 Å². The maximum atomic E-state index is 12.3. The summed E-state index contributed by atoms with van der Waals surface area (Å²) in [6.07, 6.45) is 0.508. The van der Waals surface area contributed by atoms with Crippen LogP contribution in [0, 0.1) is 27.7 Å². The number of carbonyl (C=O) groups is 1. The molecule has 0 fully saturated rings. The molecule has 0 aliphatic heterocycles. The van der Waals surface area contributed by atoms with Gasteiger partial charge in [0, 0.05) is 34.9 Å². The van der Waals surface area contributed by atoms with Crippen molar-refractivity contribution in [1.29, 1.82) is 0 Å². The zero-order valence-electron chi connectivity index (χ0n) is 17.7. The van der Waals surface area contributed by atoms with Gasteiger partial charge in [-0.3, -0.25) is 9.48 Å². The lowest BCUT2D eigenvalue weighted by molar-refractivity contribution is -0.120. The van der Waals surface area contributed by atoms with Crippen molar-refractivity contribution in [2.45, 2.75) is 52.1 Å². The maximum absolute atomic E-state index is 12.3. The van der Waals surface area contributed by atoms with E-state index in [1.165, 1.54) is 21.6 Å². The van der Waals surface area contributed by atoms with E-state index in [9.17, 15) is 4.79 Å². The van der Waals surface area contributed by atoms with E-state index in [0.717, 1.165) is 29.2 Å². The molecule has 0 spiro atoms. The Morgan fingerprint density at radius 1 is 1.03 bits per heavy atom. The Bertz CT molecular complexity index is 979. The lowest BCUT2D eigenvalue weighted by atomic mass is 10.1. The SMILES string of the molecule is Cc1ccc(SCCC(=O)NCc2c(C)nn(Cc3ccccc3)c2C)cc1C. The van der Waals surface area contributed by atoms with E-state index in [-0.39, 0.29) is 5.91 Å². The minimum atomic E-state index is 0.0796. The standard InChI is InChI=1S/C24H29N3OS/c1-17-10-11-22(14-18(17)2)29-13-12-24(28)25-15-23-19(3)26-27(20(23)4)16-21-8-6-5-7-9-21/h5-11,14H,12-13,15-16H2,1-4H3,(H,25,28). The number of hydrogen-bond acceptors (Lipinski definition) is 3. The molecule has 1 heterocycles. The third-order valence-electron chi connectivity index (χ3n) is 5.25. The smallest absolute Gasteiger partial charge is 0.221 e. The minimum absolute atomic E-state index is 0.0796. The van der Waals surface area contributed by atoms with Gasteiger partial charge in [-0.2, -0.15) is 5.10 Å². The van der Waals surface area contributed by atoms with Crippen molar-refractivity contribution in [2.75, 3.05) is 5.75 Å². The van der Waals surface area contributed by atoms with Crippen LogP contribution in [-0.4, -0.2) is 21.4 Å². The van der Waals surface area contributed by atoms with E-state index < -0.39 is 0 Å². The molecule has 152 valence electrons. The average molecular weight is 408 g/mol. The van der Waals surface area contributed by atoms with Gasteiger partial charge in [0.25, 0.3) is 0 Å². The Balaban J connectivity index is 1.50. The van der Waals surface area contributed by atoms with Crippen molar-refractivity contribution in [2.24, 2.45) is 0 Å². The molecule has 1 aromatic heterocycles. The molecule has 0 saturated carbocycles. The van der Waals surface area contributed by atoms with Crippen LogP contribution in [0.3, 0.4) is 0 Å². The summed E-state index contributed by atoms with van der Waals surface area (Å²) in [5, 5.41) is 7.72. The molecule has 2 aromatic carbocycles. The lowest BCUT2D eigenvalue weighted by Gasteiger charge is -2.08. The summed E-state index contributed by atoms with van der Waals surface area (Å²) >= 11 is 1.73. The first-order valence-electron chi connectivity index (χ1n) is 9.97. The van der Waals surface area contributed by atoms with Crippen molar-refractivity contribution in [1.82, 2.24) is 15.1 Å². The third-order valence-corrected chi connectivity index (χ3v) is 6.24. The molecule has 0 saturated heterocycles. The minimum Gasteiger partial charge on any atom is -0.352 e. The van der Waals surface area contributed by atoms with Crippen LogP contribution in [0.2, 0.25) is 0 Å². The highest BCUT2D eigenvalue weighted by Gasteiger charge is 2.13. The zero-order chi connectivity index (χ0) is 20.8. The second-order valence-electron chi connectivity index (χ2n) is 7.41. The fourth-order valence-electron chi connectivity index (χ4n) is 3.24. The second-order valence-corrected chi connectivity index (χ2v) is 8.58. The third kappa shape index (κ3) is 5.73. The number of carbonyl (C=O) groups excluding carboxylic acids is 1. The first kappa shape index (κ1) is 21.2. The highest BCUT2D eigenvalue weighted by Crippen LogP contribution is 2.21. The molecular formula is C24H29N3OS. The number of hydrogen-bond donors (Lipinski definition) is 1. The van der Waals surface area contributed by atoms with Gasteiger partial charge < -0.3 is 5.32 Å². The van der Waals surface area contributed by atoms with Crippen molar-refractivity contribution in [3.05, 3.63) is 82.2 Å². The Morgan fingerprint density at radius 3 is 2.52 bits per heavy atom. The number of nitrogens with one attached hydrogen (secondary N) is 1. The quantitative estimate of drug-likeness (QED) is 0.537. The number of benzene rings is 2. The highest BCUT2D eigenvalue weighted by molar-refractivity contribution is 7.99. The van der Waals surface area contributed by atoms with Crippen molar-refractivity contribution in [3.8, 4) is 0 Å². The summed E-state index contributed by atoms with van der Waals surface area (Å²) in [5.74, 6) is 0.857. The Kier molecular flexibility index (Phi) is 7.15. The molecule has 3 rings (SSSR count). The number of aromatic nitrogens is 2. The van der Waals surface area contributed by atoms with Crippen LogP contribution in [0.25, 0.3) is 0 Å². The number of aryl methyl sites for hydroxylation is 3. The number of amides is 1. The second kappa shape index (κ2) is 9.79. The van der Waals surface area contributed by atoms with Crippen molar-refractivity contribution in [3.63, 3.8) is 0 Å². The summed E-state index contributed by atoms with van der Waals surface area (Å²) in [7, 11) is 0. The van der Waals surface area contributed by atoms with E-state index in [2.05, 4.69) is 61.5 Å². The van der Waals surface area contributed by atoms with Gasteiger partial charge in [0.15, 0.2) is 0 Å². The fraction of sp³-hybridized carbons (Fsp3) is 0.333. The molecule has 5 heteroatoms. The Morgan fingerprint density at radius 2 is 1.79 bits per heavy atom.